The molecule has 0 fully saturated rings. The summed E-state index contributed by atoms with van der Waals surface area (Å²) in [6, 6.07) is 14.5. The summed E-state index contributed by atoms with van der Waals surface area (Å²) in [4.78, 5) is 27.5. The SMILES string of the molecule is CC(C)N1C(=O)c2ccccc2[C@@H]2C(=O)Oc3ccccc3[C@@H]21. The first-order valence-electron chi connectivity index (χ1n) is 7.82. The van der Waals surface area contributed by atoms with Crippen LogP contribution in [-0.2, 0) is 4.79 Å². The normalized spacial score (nSPS) is 22.3. The van der Waals surface area contributed by atoms with Crippen LogP contribution in [0.2, 0.25) is 0 Å². The number of hydrogen-bond donors (Lipinski definition) is 0. The zero-order chi connectivity index (χ0) is 16.1. The summed E-state index contributed by atoms with van der Waals surface area (Å²) in [5.74, 6) is -0.238. The minimum Gasteiger partial charge on any atom is -0.426 e. The van der Waals surface area contributed by atoms with Gasteiger partial charge >= 0.3 is 5.97 Å². The molecule has 23 heavy (non-hydrogen) atoms. The first-order chi connectivity index (χ1) is 11.1. The Hall–Kier alpha value is -2.62. The number of esters is 1. The van der Waals surface area contributed by atoms with Crippen LogP contribution in [0.5, 0.6) is 5.75 Å². The van der Waals surface area contributed by atoms with Crippen LogP contribution < -0.4 is 4.74 Å². The van der Waals surface area contributed by atoms with Gasteiger partial charge < -0.3 is 9.64 Å². The zero-order valence-electron chi connectivity index (χ0n) is 13.0. The summed E-state index contributed by atoms with van der Waals surface area (Å²) in [6.07, 6.45) is 0. The number of rotatable bonds is 1. The Kier molecular flexibility index (Phi) is 3.01. The van der Waals surface area contributed by atoms with Crippen LogP contribution in [-0.4, -0.2) is 22.8 Å². The molecule has 0 saturated heterocycles. The van der Waals surface area contributed by atoms with E-state index < -0.39 is 5.92 Å². The zero-order valence-corrected chi connectivity index (χ0v) is 13.0. The Labute approximate surface area is 134 Å². The van der Waals surface area contributed by atoms with Crippen molar-refractivity contribution >= 4 is 11.9 Å². The molecule has 0 saturated carbocycles. The number of para-hydroxylation sites is 1. The van der Waals surface area contributed by atoms with E-state index >= 15 is 0 Å². The Balaban J connectivity index is 2.00. The van der Waals surface area contributed by atoms with Gasteiger partial charge in [0.05, 0.1) is 6.04 Å². The van der Waals surface area contributed by atoms with E-state index in [4.69, 9.17) is 4.74 Å². The number of carbonyl (C=O) groups is 2. The molecule has 4 nitrogen and oxygen atoms in total. The van der Waals surface area contributed by atoms with Crippen molar-refractivity contribution in [3.8, 4) is 5.75 Å². The van der Waals surface area contributed by atoms with Crippen molar-refractivity contribution in [2.75, 3.05) is 0 Å². The highest BCUT2D eigenvalue weighted by molar-refractivity contribution is 6.01. The highest BCUT2D eigenvalue weighted by Crippen LogP contribution is 2.49. The number of carbonyl (C=O) groups excluding carboxylic acids is 2. The molecular weight excluding hydrogens is 290 g/mol. The summed E-state index contributed by atoms with van der Waals surface area (Å²) >= 11 is 0. The largest absolute Gasteiger partial charge is 0.426 e. The first kappa shape index (κ1) is 14.0. The molecule has 0 N–H and O–H groups in total. The van der Waals surface area contributed by atoms with E-state index in [0.29, 0.717) is 11.3 Å². The highest BCUT2D eigenvalue weighted by atomic mass is 16.5. The molecule has 0 unspecified atom stereocenters. The Morgan fingerprint density at radius 3 is 2.35 bits per heavy atom. The van der Waals surface area contributed by atoms with Crippen LogP contribution in [0.25, 0.3) is 0 Å². The molecule has 0 aliphatic carbocycles. The summed E-state index contributed by atoms with van der Waals surface area (Å²) in [7, 11) is 0. The van der Waals surface area contributed by atoms with Crippen LogP contribution in [0.4, 0.5) is 0 Å². The maximum atomic E-state index is 13.0. The summed E-state index contributed by atoms with van der Waals surface area (Å²) in [5.41, 5.74) is 2.26. The predicted molar refractivity (Wildman–Crippen MR) is 85.3 cm³/mol. The van der Waals surface area contributed by atoms with Crippen molar-refractivity contribution < 1.29 is 14.3 Å². The molecule has 1 amide bonds. The van der Waals surface area contributed by atoms with Gasteiger partial charge in [-0.3, -0.25) is 9.59 Å². The standard InChI is InChI=1S/C19H17NO3/c1-11(2)20-17-14-9-5-6-10-15(14)23-19(22)16(17)12-7-3-4-8-13(12)18(20)21/h3-11,16-17H,1-2H3/t16-,17-/m0/s1. The van der Waals surface area contributed by atoms with Gasteiger partial charge in [-0.05, 0) is 31.5 Å². The summed E-state index contributed by atoms with van der Waals surface area (Å²) in [5, 5.41) is 0. The molecule has 0 aromatic heterocycles. The topological polar surface area (TPSA) is 46.6 Å². The van der Waals surface area contributed by atoms with Crippen LogP contribution in [0.1, 0.15) is 47.3 Å². The molecule has 2 aromatic rings. The van der Waals surface area contributed by atoms with Gasteiger partial charge in [0.15, 0.2) is 0 Å². The molecule has 2 aliphatic rings. The number of hydrogen-bond acceptors (Lipinski definition) is 3. The number of benzene rings is 2. The Morgan fingerprint density at radius 1 is 0.957 bits per heavy atom. The van der Waals surface area contributed by atoms with Crippen LogP contribution in [0, 0.1) is 0 Å². The van der Waals surface area contributed by atoms with E-state index in [1.54, 1.807) is 12.1 Å². The monoisotopic (exact) mass is 307 g/mol. The van der Waals surface area contributed by atoms with Crippen molar-refractivity contribution in [2.24, 2.45) is 0 Å². The second-order valence-electron chi connectivity index (χ2n) is 6.27. The second kappa shape index (κ2) is 4.95. The Morgan fingerprint density at radius 2 is 1.61 bits per heavy atom. The van der Waals surface area contributed by atoms with E-state index in [2.05, 4.69) is 0 Å². The third kappa shape index (κ3) is 1.91. The number of fused-ring (bicyclic) bond motifs is 5. The minimum absolute atomic E-state index is 0.0117. The van der Waals surface area contributed by atoms with E-state index in [0.717, 1.165) is 11.1 Å². The first-order valence-corrected chi connectivity index (χ1v) is 7.82. The van der Waals surface area contributed by atoms with Gasteiger partial charge in [0.2, 0.25) is 0 Å². The molecule has 2 heterocycles. The van der Waals surface area contributed by atoms with Crippen LogP contribution >= 0.6 is 0 Å². The van der Waals surface area contributed by atoms with Gasteiger partial charge in [-0.15, -0.1) is 0 Å². The highest BCUT2D eigenvalue weighted by Gasteiger charge is 2.49. The summed E-state index contributed by atoms with van der Waals surface area (Å²) in [6.45, 7) is 3.96. The molecule has 4 heteroatoms. The van der Waals surface area contributed by atoms with Gasteiger partial charge in [0.1, 0.15) is 11.7 Å². The molecule has 2 atom stereocenters. The molecule has 4 rings (SSSR count). The van der Waals surface area contributed by atoms with Crippen LogP contribution in [0.3, 0.4) is 0 Å². The average Bonchev–Trinajstić information content (AvgIpc) is 2.54. The van der Waals surface area contributed by atoms with Gasteiger partial charge in [0, 0.05) is 17.2 Å². The van der Waals surface area contributed by atoms with Gasteiger partial charge in [0.25, 0.3) is 5.91 Å². The van der Waals surface area contributed by atoms with Crippen molar-refractivity contribution in [2.45, 2.75) is 31.8 Å². The third-order valence-corrected chi connectivity index (χ3v) is 4.63. The minimum atomic E-state index is -0.471. The molecule has 116 valence electrons. The van der Waals surface area contributed by atoms with Crippen molar-refractivity contribution in [1.82, 2.24) is 4.90 Å². The van der Waals surface area contributed by atoms with Crippen molar-refractivity contribution in [3.05, 3.63) is 65.2 Å². The second-order valence-corrected chi connectivity index (χ2v) is 6.27. The number of amides is 1. The summed E-state index contributed by atoms with van der Waals surface area (Å²) < 4.78 is 5.54. The van der Waals surface area contributed by atoms with Crippen molar-refractivity contribution in [1.29, 1.82) is 0 Å². The lowest BCUT2D eigenvalue weighted by atomic mass is 9.77. The van der Waals surface area contributed by atoms with E-state index in [9.17, 15) is 9.59 Å². The molecule has 0 spiro atoms. The number of ether oxygens (including phenoxy) is 1. The lowest BCUT2D eigenvalue weighted by molar-refractivity contribution is -0.139. The van der Waals surface area contributed by atoms with Gasteiger partial charge in [-0.2, -0.15) is 0 Å². The maximum Gasteiger partial charge on any atom is 0.321 e. The molecule has 0 bridgehead atoms. The molecule has 0 radical (unpaired) electrons. The average molecular weight is 307 g/mol. The maximum absolute atomic E-state index is 13.0. The predicted octanol–water partition coefficient (Wildman–Crippen LogP) is 3.29. The number of nitrogens with zero attached hydrogens (tertiary/aromatic N) is 1. The molecular formula is C19H17NO3. The smallest absolute Gasteiger partial charge is 0.321 e. The van der Waals surface area contributed by atoms with E-state index in [1.165, 1.54) is 0 Å². The molecule has 2 aromatic carbocycles. The lowest BCUT2D eigenvalue weighted by Gasteiger charge is -2.45. The fourth-order valence-electron chi connectivity index (χ4n) is 3.69. The van der Waals surface area contributed by atoms with Gasteiger partial charge in [-0.25, -0.2) is 0 Å². The fourth-order valence-corrected chi connectivity index (χ4v) is 3.69. The molecule has 2 aliphatic heterocycles. The van der Waals surface area contributed by atoms with Crippen LogP contribution in [0.15, 0.2) is 48.5 Å². The van der Waals surface area contributed by atoms with E-state index in [1.807, 2.05) is 55.1 Å². The fraction of sp³-hybridized carbons (Fsp3) is 0.263. The van der Waals surface area contributed by atoms with Gasteiger partial charge in [-0.1, -0.05) is 36.4 Å². The quantitative estimate of drug-likeness (QED) is 0.600. The van der Waals surface area contributed by atoms with Crippen molar-refractivity contribution in [3.63, 3.8) is 0 Å². The third-order valence-electron chi connectivity index (χ3n) is 4.63. The van der Waals surface area contributed by atoms with E-state index in [-0.39, 0.29) is 24.0 Å². The Bertz CT molecular complexity index is 812. The lowest BCUT2D eigenvalue weighted by Crippen LogP contribution is -2.50.